The third-order valence-corrected chi connectivity index (χ3v) is 2.44. The van der Waals surface area contributed by atoms with Gasteiger partial charge in [0.15, 0.2) is 0 Å². The first-order chi connectivity index (χ1) is 8.61. The zero-order valence-corrected chi connectivity index (χ0v) is 13.7. The summed E-state index contributed by atoms with van der Waals surface area (Å²) < 4.78 is 10.9. The molecule has 19 heavy (non-hydrogen) atoms. The monoisotopic (exact) mass is 273 g/mol. The molecule has 4 heteroatoms. The zero-order valence-electron chi connectivity index (χ0n) is 13.7. The van der Waals surface area contributed by atoms with Crippen molar-refractivity contribution in [3.8, 4) is 0 Å². The van der Waals surface area contributed by atoms with Gasteiger partial charge in [0.2, 0.25) is 0 Å². The van der Waals surface area contributed by atoms with Gasteiger partial charge in [-0.25, -0.2) is 4.79 Å². The first-order valence-corrected chi connectivity index (χ1v) is 7.21. The van der Waals surface area contributed by atoms with Gasteiger partial charge in [-0.3, -0.25) is 0 Å². The maximum absolute atomic E-state index is 12.1. The smallest absolute Gasteiger partial charge is 0.410 e. The maximum Gasteiger partial charge on any atom is 0.410 e. The van der Waals surface area contributed by atoms with Crippen LogP contribution in [0.3, 0.4) is 0 Å². The number of hydrogen-bond donors (Lipinski definition) is 0. The molecule has 0 heterocycles. The van der Waals surface area contributed by atoms with Crippen molar-refractivity contribution in [2.24, 2.45) is 5.92 Å². The zero-order chi connectivity index (χ0) is 15.1. The van der Waals surface area contributed by atoms with Crippen LogP contribution < -0.4 is 0 Å². The number of nitrogens with zero attached hydrogens (tertiary/aromatic N) is 1. The summed E-state index contributed by atoms with van der Waals surface area (Å²) in [6.45, 7) is 15.8. The minimum Gasteiger partial charge on any atom is -0.444 e. The molecule has 1 amide bonds. The van der Waals surface area contributed by atoms with Crippen LogP contribution in [-0.4, -0.2) is 42.4 Å². The summed E-state index contributed by atoms with van der Waals surface area (Å²) >= 11 is 0. The highest BCUT2D eigenvalue weighted by Crippen LogP contribution is 2.11. The quantitative estimate of drug-likeness (QED) is 0.710. The number of rotatable bonds is 7. The van der Waals surface area contributed by atoms with Crippen molar-refractivity contribution in [3.63, 3.8) is 0 Å². The largest absolute Gasteiger partial charge is 0.444 e. The summed E-state index contributed by atoms with van der Waals surface area (Å²) in [6.07, 6.45) is 0.909. The Morgan fingerprint density at radius 2 is 1.68 bits per heavy atom. The van der Waals surface area contributed by atoms with E-state index in [1.54, 1.807) is 4.90 Å². The Hall–Kier alpha value is -0.770. The normalized spacial score (nSPS) is 12.1. The van der Waals surface area contributed by atoms with E-state index in [0.717, 1.165) is 6.42 Å². The van der Waals surface area contributed by atoms with Crippen molar-refractivity contribution in [3.05, 3.63) is 0 Å². The Balaban J connectivity index is 4.35. The van der Waals surface area contributed by atoms with E-state index in [4.69, 9.17) is 9.47 Å². The summed E-state index contributed by atoms with van der Waals surface area (Å²) in [5.41, 5.74) is -0.452. The van der Waals surface area contributed by atoms with E-state index in [9.17, 15) is 4.79 Å². The van der Waals surface area contributed by atoms with E-state index in [-0.39, 0.29) is 12.2 Å². The van der Waals surface area contributed by atoms with Gasteiger partial charge in [0, 0.05) is 13.1 Å². The highest BCUT2D eigenvalue weighted by Gasteiger charge is 2.22. The molecule has 114 valence electrons. The van der Waals surface area contributed by atoms with E-state index in [0.29, 0.717) is 25.6 Å². The van der Waals surface area contributed by atoms with E-state index in [1.807, 2.05) is 34.6 Å². The Morgan fingerprint density at radius 1 is 1.11 bits per heavy atom. The molecule has 0 aliphatic heterocycles. The predicted octanol–water partition coefficient (Wildman–Crippen LogP) is 3.69. The summed E-state index contributed by atoms with van der Waals surface area (Å²) in [7, 11) is 0. The molecular formula is C15H31NO3. The van der Waals surface area contributed by atoms with Crippen LogP contribution in [0.25, 0.3) is 0 Å². The minimum absolute atomic E-state index is 0.186. The van der Waals surface area contributed by atoms with Crippen molar-refractivity contribution in [2.45, 2.75) is 66.6 Å². The lowest BCUT2D eigenvalue weighted by atomic mass is 10.1. The van der Waals surface area contributed by atoms with Gasteiger partial charge < -0.3 is 14.4 Å². The van der Waals surface area contributed by atoms with Crippen LogP contribution in [0.15, 0.2) is 0 Å². The standard InChI is InChI=1S/C15H31NO3/c1-12(2)8-9-16(10-11-18-13(3)4)14(17)19-15(5,6)7/h12-13H,8-11H2,1-7H3. The van der Waals surface area contributed by atoms with E-state index < -0.39 is 5.60 Å². The van der Waals surface area contributed by atoms with Gasteiger partial charge in [-0.1, -0.05) is 13.8 Å². The molecule has 0 saturated carbocycles. The molecule has 0 aromatic heterocycles. The minimum atomic E-state index is -0.452. The highest BCUT2D eigenvalue weighted by molar-refractivity contribution is 5.68. The molecule has 0 unspecified atom stereocenters. The van der Waals surface area contributed by atoms with E-state index >= 15 is 0 Å². The summed E-state index contributed by atoms with van der Waals surface area (Å²) in [5.74, 6) is 0.566. The van der Waals surface area contributed by atoms with Gasteiger partial charge in [0.05, 0.1) is 12.7 Å². The van der Waals surface area contributed by atoms with Crippen LogP contribution in [0, 0.1) is 5.92 Å². The van der Waals surface area contributed by atoms with Crippen LogP contribution in [-0.2, 0) is 9.47 Å². The SMILES string of the molecule is CC(C)CCN(CCOC(C)C)C(=O)OC(C)(C)C. The Labute approximate surface area is 118 Å². The topological polar surface area (TPSA) is 38.8 Å². The molecule has 0 N–H and O–H groups in total. The first kappa shape index (κ1) is 18.2. The second-order valence-corrected chi connectivity index (χ2v) is 6.57. The molecule has 0 fully saturated rings. The number of ether oxygens (including phenoxy) is 2. The molecule has 0 atom stereocenters. The van der Waals surface area contributed by atoms with Crippen LogP contribution in [0.2, 0.25) is 0 Å². The highest BCUT2D eigenvalue weighted by atomic mass is 16.6. The summed E-state index contributed by atoms with van der Waals surface area (Å²) in [4.78, 5) is 13.8. The Morgan fingerprint density at radius 3 is 2.11 bits per heavy atom. The summed E-state index contributed by atoms with van der Waals surface area (Å²) in [5, 5.41) is 0. The molecule has 0 aliphatic rings. The fourth-order valence-corrected chi connectivity index (χ4v) is 1.43. The average Bonchev–Trinajstić information content (AvgIpc) is 2.19. The fraction of sp³-hybridized carbons (Fsp3) is 0.933. The van der Waals surface area contributed by atoms with Crippen molar-refractivity contribution >= 4 is 6.09 Å². The number of amides is 1. The lowest BCUT2D eigenvalue weighted by Gasteiger charge is -2.28. The van der Waals surface area contributed by atoms with Crippen LogP contribution >= 0.6 is 0 Å². The first-order valence-electron chi connectivity index (χ1n) is 7.21. The van der Waals surface area contributed by atoms with Gasteiger partial charge in [0.1, 0.15) is 5.60 Å². The van der Waals surface area contributed by atoms with Crippen molar-refractivity contribution in [2.75, 3.05) is 19.7 Å². The molecule has 4 nitrogen and oxygen atoms in total. The van der Waals surface area contributed by atoms with Crippen LogP contribution in [0.4, 0.5) is 4.79 Å². The second-order valence-electron chi connectivity index (χ2n) is 6.57. The molecular weight excluding hydrogens is 242 g/mol. The molecule has 0 radical (unpaired) electrons. The molecule has 0 rings (SSSR count). The van der Waals surface area contributed by atoms with Crippen LogP contribution in [0.1, 0.15) is 54.9 Å². The van der Waals surface area contributed by atoms with Gasteiger partial charge in [0.25, 0.3) is 0 Å². The second kappa shape index (κ2) is 8.41. The molecule has 0 spiro atoms. The summed E-state index contributed by atoms with van der Waals surface area (Å²) in [6, 6.07) is 0. The number of carbonyl (C=O) groups excluding carboxylic acids is 1. The van der Waals surface area contributed by atoms with Crippen molar-refractivity contribution < 1.29 is 14.3 Å². The van der Waals surface area contributed by atoms with Gasteiger partial charge in [-0.2, -0.15) is 0 Å². The molecule has 0 aromatic rings. The van der Waals surface area contributed by atoms with E-state index in [2.05, 4.69) is 13.8 Å². The van der Waals surface area contributed by atoms with Crippen LogP contribution in [0.5, 0.6) is 0 Å². The van der Waals surface area contributed by atoms with Gasteiger partial charge in [-0.15, -0.1) is 0 Å². The van der Waals surface area contributed by atoms with E-state index in [1.165, 1.54) is 0 Å². The third kappa shape index (κ3) is 10.8. The number of carbonyl (C=O) groups is 1. The number of hydrogen-bond acceptors (Lipinski definition) is 3. The molecule has 0 aliphatic carbocycles. The fourth-order valence-electron chi connectivity index (χ4n) is 1.43. The maximum atomic E-state index is 12.1. The third-order valence-electron chi connectivity index (χ3n) is 2.44. The Bertz CT molecular complexity index is 257. The lowest BCUT2D eigenvalue weighted by Crippen LogP contribution is -2.39. The molecule has 0 aromatic carbocycles. The lowest BCUT2D eigenvalue weighted by molar-refractivity contribution is 0.0109. The Kier molecular flexibility index (Phi) is 8.07. The predicted molar refractivity (Wildman–Crippen MR) is 78.4 cm³/mol. The van der Waals surface area contributed by atoms with Gasteiger partial charge in [-0.05, 0) is 47.0 Å². The molecule has 0 bridgehead atoms. The average molecular weight is 273 g/mol. The van der Waals surface area contributed by atoms with Gasteiger partial charge >= 0.3 is 6.09 Å². The molecule has 0 saturated heterocycles. The van der Waals surface area contributed by atoms with Crippen molar-refractivity contribution in [1.82, 2.24) is 4.90 Å². The van der Waals surface area contributed by atoms with Crippen molar-refractivity contribution in [1.29, 1.82) is 0 Å².